The predicted molar refractivity (Wildman–Crippen MR) is 49.0 cm³/mol. The van der Waals surface area contributed by atoms with Gasteiger partial charge < -0.3 is 5.73 Å². The van der Waals surface area contributed by atoms with Crippen LogP contribution >= 0.6 is 0 Å². The molecule has 2 N–H and O–H groups in total. The SMILES string of the molecule is C/C=C(N)\C=C/[C@@H]1CCC1C. The number of allylic oxidation sites excluding steroid dienone is 3. The van der Waals surface area contributed by atoms with Crippen LogP contribution in [0, 0.1) is 11.8 Å². The summed E-state index contributed by atoms with van der Waals surface area (Å²) in [6.45, 7) is 4.26. The maximum absolute atomic E-state index is 5.62. The lowest BCUT2D eigenvalue weighted by Crippen LogP contribution is -2.20. The van der Waals surface area contributed by atoms with Crippen LogP contribution in [-0.2, 0) is 0 Å². The first-order valence-corrected chi connectivity index (χ1v) is 4.34. The van der Waals surface area contributed by atoms with Gasteiger partial charge in [0.1, 0.15) is 0 Å². The second-order valence-electron chi connectivity index (χ2n) is 3.37. The summed E-state index contributed by atoms with van der Waals surface area (Å²) in [4.78, 5) is 0. The average Bonchev–Trinajstić information content (AvgIpc) is 2.01. The molecule has 1 nitrogen and oxygen atoms in total. The molecule has 1 aliphatic rings. The first kappa shape index (κ1) is 8.38. The van der Waals surface area contributed by atoms with Gasteiger partial charge in [0.2, 0.25) is 0 Å². The first-order valence-electron chi connectivity index (χ1n) is 4.34. The van der Waals surface area contributed by atoms with E-state index in [0.717, 1.165) is 17.5 Å². The highest BCUT2D eigenvalue weighted by Gasteiger charge is 2.23. The molecular formula is C10H17N. The van der Waals surface area contributed by atoms with Crippen molar-refractivity contribution in [1.29, 1.82) is 0 Å². The number of hydrogen-bond donors (Lipinski definition) is 1. The minimum absolute atomic E-state index is 0.786. The summed E-state index contributed by atoms with van der Waals surface area (Å²) in [5, 5.41) is 0. The molecule has 1 unspecified atom stereocenters. The highest BCUT2D eigenvalue weighted by Crippen LogP contribution is 2.34. The van der Waals surface area contributed by atoms with Crippen molar-refractivity contribution in [1.82, 2.24) is 0 Å². The zero-order valence-corrected chi connectivity index (χ0v) is 7.38. The number of nitrogens with two attached hydrogens (primary N) is 1. The van der Waals surface area contributed by atoms with Crippen LogP contribution in [-0.4, -0.2) is 0 Å². The minimum Gasteiger partial charge on any atom is -0.399 e. The third-order valence-corrected chi connectivity index (χ3v) is 2.56. The molecule has 0 amide bonds. The lowest BCUT2D eigenvalue weighted by Gasteiger charge is -2.31. The molecule has 2 atom stereocenters. The van der Waals surface area contributed by atoms with Gasteiger partial charge in [-0.25, -0.2) is 0 Å². The highest BCUT2D eigenvalue weighted by atomic mass is 14.5. The van der Waals surface area contributed by atoms with Gasteiger partial charge in [-0.1, -0.05) is 19.1 Å². The number of hydrogen-bond acceptors (Lipinski definition) is 1. The molecule has 0 saturated heterocycles. The largest absolute Gasteiger partial charge is 0.399 e. The average molecular weight is 151 g/mol. The minimum atomic E-state index is 0.786. The third-order valence-electron chi connectivity index (χ3n) is 2.56. The van der Waals surface area contributed by atoms with Crippen molar-refractivity contribution in [2.75, 3.05) is 0 Å². The Kier molecular flexibility index (Phi) is 2.75. The summed E-state index contributed by atoms with van der Waals surface area (Å²) in [6, 6.07) is 0. The van der Waals surface area contributed by atoms with E-state index < -0.39 is 0 Å². The molecule has 0 bridgehead atoms. The van der Waals surface area contributed by atoms with Crippen LogP contribution < -0.4 is 5.73 Å². The molecule has 0 heterocycles. The maximum Gasteiger partial charge on any atom is 0.0267 e. The van der Waals surface area contributed by atoms with Crippen LogP contribution in [0.5, 0.6) is 0 Å². The summed E-state index contributed by atoms with van der Waals surface area (Å²) in [5.74, 6) is 1.66. The van der Waals surface area contributed by atoms with Gasteiger partial charge in [0.05, 0.1) is 0 Å². The van der Waals surface area contributed by atoms with E-state index in [0.29, 0.717) is 0 Å². The van der Waals surface area contributed by atoms with Gasteiger partial charge in [-0.3, -0.25) is 0 Å². The molecule has 0 radical (unpaired) electrons. The Balaban J connectivity index is 2.35. The molecule has 1 rings (SSSR count). The summed E-state index contributed by atoms with van der Waals surface area (Å²) in [7, 11) is 0. The maximum atomic E-state index is 5.62. The van der Waals surface area contributed by atoms with Crippen molar-refractivity contribution in [3.63, 3.8) is 0 Å². The van der Waals surface area contributed by atoms with Crippen molar-refractivity contribution in [2.24, 2.45) is 17.6 Å². The fraction of sp³-hybridized carbons (Fsp3) is 0.600. The van der Waals surface area contributed by atoms with E-state index >= 15 is 0 Å². The van der Waals surface area contributed by atoms with Crippen molar-refractivity contribution in [3.8, 4) is 0 Å². The normalized spacial score (nSPS) is 32.4. The van der Waals surface area contributed by atoms with Gasteiger partial charge in [0.25, 0.3) is 0 Å². The summed E-state index contributed by atoms with van der Waals surface area (Å²) >= 11 is 0. The van der Waals surface area contributed by atoms with E-state index in [1.807, 2.05) is 19.1 Å². The lowest BCUT2D eigenvalue weighted by molar-refractivity contribution is 0.251. The Morgan fingerprint density at radius 1 is 1.45 bits per heavy atom. The van der Waals surface area contributed by atoms with E-state index in [2.05, 4.69) is 13.0 Å². The second-order valence-corrected chi connectivity index (χ2v) is 3.37. The molecule has 1 fully saturated rings. The van der Waals surface area contributed by atoms with Gasteiger partial charge in [0, 0.05) is 5.70 Å². The van der Waals surface area contributed by atoms with Crippen LogP contribution in [0.4, 0.5) is 0 Å². The molecule has 11 heavy (non-hydrogen) atoms. The van der Waals surface area contributed by atoms with E-state index in [9.17, 15) is 0 Å². The Labute approximate surface area is 69.0 Å². The molecular weight excluding hydrogens is 134 g/mol. The third kappa shape index (κ3) is 2.11. The van der Waals surface area contributed by atoms with Crippen molar-refractivity contribution in [2.45, 2.75) is 26.7 Å². The second kappa shape index (κ2) is 3.61. The lowest BCUT2D eigenvalue weighted by atomic mass is 9.75. The zero-order valence-electron chi connectivity index (χ0n) is 7.38. The van der Waals surface area contributed by atoms with Gasteiger partial charge in [-0.2, -0.15) is 0 Å². The monoisotopic (exact) mass is 151 g/mol. The van der Waals surface area contributed by atoms with Crippen molar-refractivity contribution < 1.29 is 0 Å². The Morgan fingerprint density at radius 3 is 2.55 bits per heavy atom. The van der Waals surface area contributed by atoms with Gasteiger partial charge in [0.15, 0.2) is 0 Å². The van der Waals surface area contributed by atoms with E-state index in [4.69, 9.17) is 5.73 Å². The van der Waals surface area contributed by atoms with E-state index in [1.54, 1.807) is 0 Å². The topological polar surface area (TPSA) is 26.0 Å². The van der Waals surface area contributed by atoms with Gasteiger partial charge in [-0.15, -0.1) is 0 Å². The molecule has 0 aromatic heterocycles. The molecule has 0 spiro atoms. The summed E-state index contributed by atoms with van der Waals surface area (Å²) < 4.78 is 0. The molecule has 0 aliphatic heterocycles. The predicted octanol–water partition coefficient (Wildman–Crippen LogP) is 2.45. The summed E-state index contributed by atoms with van der Waals surface area (Å²) in [5.41, 5.74) is 6.50. The molecule has 1 heteroatoms. The molecule has 0 aromatic carbocycles. The van der Waals surface area contributed by atoms with Gasteiger partial charge >= 0.3 is 0 Å². The number of rotatable bonds is 2. The standard InChI is InChI=1S/C10H17N/c1-3-10(11)7-6-9-5-4-8(9)2/h3,6-9H,4-5,11H2,1-2H3/b7-6-,10-3+/t8?,9-/m0/s1. The van der Waals surface area contributed by atoms with Crippen LogP contribution in [0.3, 0.4) is 0 Å². The first-order chi connectivity index (χ1) is 5.24. The van der Waals surface area contributed by atoms with Crippen molar-refractivity contribution in [3.05, 3.63) is 23.9 Å². The molecule has 62 valence electrons. The Morgan fingerprint density at radius 2 is 2.18 bits per heavy atom. The summed E-state index contributed by atoms with van der Waals surface area (Å²) in [6.07, 6.45) is 8.92. The zero-order chi connectivity index (χ0) is 8.27. The highest BCUT2D eigenvalue weighted by molar-refractivity contribution is 5.15. The Hall–Kier alpha value is -0.720. The smallest absolute Gasteiger partial charge is 0.0267 e. The van der Waals surface area contributed by atoms with Crippen LogP contribution in [0.2, 0.25) is 0 Å². The van der Waals surface area contributed by atoms with Crippen LogP contribution in [0.25, 0.3) is 0 Å². The Bertz CT molecular complexity index is 179. The van der Waals surface area contributed by atoms with Crippen LogP contribution in [0.1, 0.15) is 26.7 Å². The fourth-order valence-electron chi connectivity index (χ4n) is 1.31. The van der Waals surface area contributed by atoms with E-state index in [1.165, 1.54) is 12.8 Å². The van der Waals surface area contributed by atoms with Gasteiger partial charge in [-0.05, 0) is 37.7 Å². The fourth-order valence-corrected chi connectivity index (χ4v) is 1.31. The van der Waals surface area contributed by atoms with Crippen LogP contribution in [0.15, 0.2) is 23.9 Å². The quantitative estimate of drug-likeness (QED) is 0.603. The molecule has 1 saturated carbocycles. The van der Waals surface area contributed by atoms with E-state index in [-0.39, 0.29) is 0 Å². The van der Waals surface area contributed by atoms with Crippen molar-refractivity contribution >= 4 is 0 Å². The molecule has 0 aromatic rings. The molecule has 1 aliphatic carbocycles.